The summed E-state index contributed by atoms with van der Waals surface area (Å²) >= 11 is 1.87. The lowest BCUT2D eigenvalue weighted by Gasteiger charge is -2.15. The summed E-state index contributed by atoms with van der Waals surface area (Å²) in [5.74, 6) is 0.749. The van der Waals surface area contributed by atoms with Crippen LogP contribution in [0.4, 0.5) is 0 Å². The first-order valence-corrected chi connectivity index (χ1v) is 16.7. The summed E-state index contributed by atoms with van der Waals surface area (Å²) in [7, 11) is 0. The Morgan fingerprint density at radius 1 is 0.383 bits per heavy atom. The van der Waals surface area contributed by atoms with Gasteiger partial charge in [0.05, 0.1) is 11.2 Å². The number of benzene rings is 8. The van der Waals surface area contributed by atoms with E-state index in [2.05, 4.69) is 158 Å². The lowest BCUT2D eigenvalue weighted by Crippen LogP contribution is -1.96. The minimum Gasteiger partial charge on any atom is -0.228 e. The van der Waals surface area contributed by atoms with Crippen LogP contribution in [0.1, 0.15) is 0 Å². The van der Waals surface area contributed by atoms with Gasteiger partial charge in [0, 0.05) is 42.1 Å². The maximum Gasteiger partial charge on any atom is 0.161 e. The Kier molecular flexibility index (Phi) is 5.78. The minimum atomic E-state index is 0.749. The van der Waals surface area contributed by atoms with Crippen LogP contribution in [-0.2, 0) is 0 Å². The van der Waals surface area contributed by atoms with Crippen LogP contribution >= 0.6 is 11.3 Å². The molecule has 0 spiro atoms. The van der Waals surface area contributed by atoms with Gasteiger partial charge in [-0.3, -0.25) is 0 Å². The van der Waals surface area contributed by atoms with E-state index in [-0.39, 0.29) is 0 Å². The Morgan fingerprint density at radius 3 is 1.70 bits per heavy atom. The van der Waals surface area contributed by atoms with Crippen molar-refractivity contribution in [1.82, 2.24) is 9.97 Å². The Labute approximate surface area is 275 Å². The molecule has 10 aromatic rings. The highest BCUT2D eigenvalue weighted by Gasteiger charge is 2.21. The monoisotopic (exact) mass is 614 g/mol. The van der Waals surface area contributed by atoms with Crippen LogP contribution in [0.5, 0.6) is 0 Å². The van der Waals surface area contributed by atoms with Crippen molar-refractivity contribution in [3.63, 3.8) is 0 Å². The molecule has 218 valence electrons. The standard InChI is InChI=1S/C44H26N2S/c1-2-12-27(13-3-1)28-22-24-29(25-23-28)42-34-18-8-10-20-38(34)45-44(46-42)37-26-36-32-16-5-4-14-30(32)31-15-6-7-17-33(31)40(36)43-41(37)35-19-9-11-21-39(35)47-43/h1-26H. The maximum atomic E-state index is 5.42. The molecule has 0 atom stereocenters. The summed E-state index contributed by atoms with van der Waals surface area (Å²) in [4.78, 5) is 10.7. The van der Waals surface area contributed by atoms with Crippen LogP contribution in [0.2, 0.25) is 0 Å². The molecule has 0 aliphatic heterocycles. The van der Waals surface area contributed by atoms with E-state index in [1.807, 2.05) is 11.3 Å². The Bertz CT molecular complexity index is 2830. The van der Waals surface area contributed by atoms with Crippen LogP contribution in [-0.4, -0.2) is 9.97 Å². The van der Waals surface area contributed by atoms with Crippen molar-refractivity contribution < 1.29 is 0 Å². The zero-order valence-electron chi connectivity index (χ0n) is 25.3. The molecule has 2 heterocycles. The van der Waals surface area contributed by atoms with Crippen LogP contribution in [0, 0.1) is 0 Å². The molecule has 10 rings (SSSR count). The van der Waals surface area contributed by atoms with Gasteiger partial charge in [0.1, 0.15) is 0 Å². The fraction of sp³-hybridized carbons (Fsp3) is 0. The summed E-state index contributed by atoms with van der Waals surface area (Å²) in [6, 6.07) is 56.4. The molecule has 2 aromatic heterocycles. The second-order valence-corrected chi connectivity index (χ2v) is 13.1. The molecular formula is C44H26N2S. The number of nitrogens with zero attached hydrogens (tertiary/aromatic N) is 2. The molecule has 0 saturated heterocycles. The van der Waals surface area contributed by atoms with E-state index in [0.29, 0.717) is 0 Å². The van der Waals surface area contributed by atoms with Gasteiger partial charge in [-0.25, -0.2) is 9.97 Å². The van der Waals surface area contributed by atoms with E-state index in [9.17, 15) is 0 Å². The molecule has 0 bridgehead atoms. The van der Waals surface area contributed by atoms with Gasteiger partial charge in [0.25, 0.3) is 0 Å². The predicted octanol–water partition coefficient (Wildman–Crippen LogP) is 12.5. The summed E-state index contributed by atoms with van der Waals surface area (Å²) in [6.45, 7) is 0. The highest BCUT2D eigenvalue weighted by Crippen LogP contribution is 2.48. The van der Waals surface area contributed by atoms with Gasteiger partial charge in [-0.05, 0) is 56.3 Å². The molecule has 47 heavy (non-hydrogen) atoms. The first-order chi connectivity index (χ1) is 23.3. The van der Waals surface area contributed by atoms with Gasteiger partial charge < -0.3 is 0 Å². The third-order valence-corrected chi connectivity index (χ3v) is 10.7. The molecule has 0 aliphatic rings. The second-order valence-electron chi connectivity index (χ2n) is 12.1. The van der Waals surface area contributed by atoms with Crippen LogP contribution in [0.15, 0.2) is 158 Å². The molecule has 0 unspecified atom stereocenters. The van der Waals surface area contributed by atoms with Crippen molar-refractivity contribution in [2.24, 2.45) is 0 Å². The summed E-state index contributed by atoms with van der Waals surface area (Å²) in [6.07, 6.45) is 0. The van der Waals surface area contributed by atoms with Crippen molar-refractivity contribution >= 4 is 74.7 Å². The quantitative estimate of drug-likeness (QED) is 0.185. The molecule has 0 amide bonds. The fourth-order valence-electron chi connectivity index (χ4n) is 7.31. The minimum absolute atomic E-state index is 0.749. The predicted molar refractivity (Wildman–Crippen MR) is 201 cm³/mol. The van der Waals surface area contributed by atoms with Gasteiger partial charge in [-0.1, -0.05) is 140 Å². The molecule has 8 aromatic carbocycles. The van der Waals surface area contributed by atoms with Crippen molar-refractivity contribution in [2.45, 2.75) is 0 Å². The summed E-state index contributed by atoms with van der Waals surface area (Å²) in [5.41, 5.74) is 6.42. The van der Waals surface area contributed by atoms with Crippen molar-refractivity contribution in [3.05, 3.63) is 158 Å². The average molecular weight is 615 g/mol. The largest absolute Gasteiger partial charge is 0.228 e. The molecule has 0 saturated carbocycles. The van der Waals surface area contributed by atoms with E-state index >= 15 is 0 Å². The SMILES string of the molecule is c1ccc(-c2ccc(-c3nc(-c4cc5c6ccccc6c6ccccc6c5c5sc6ccccc6c45)nc4ccccc34)cc2)cc1. The van der Waals surface area contributed by atoms with Crippen LogP contribution in [0.3, 0.4) is 0 Å². The normalized spacial score (nSPS) is 11.8. The number of aromatic nitrogens is 2. The van der Waals surface area contributed by atoms with E-state index in [4.69, 9.17) is 9.97 Å². The number of thiophene rings is 1. The number of fused-ring (bicyclic) bond motifs is 11. The first-order valence-electron chi connectivity index (χ1n) is 15.9. The Balaban J connectivity index is 1.31. The summed E-state index contributed by atoms with van der Waals surface area (Å²) < 4.78 is 2.55. The highest BCUT2D eigenvalue weighted by molar-refractivity contribution is 7.27. The molecule has 2 nitrogen and oxygen atoms in total. The van der Waals surface area contributed by atoms with Gasteiger partial charge in [-0.15, -0.1) is 11.3 Å². The zero-order valence-corrected chi connectivity index (χ0v) is 26.1. The number of rotatable bonds is 3. The van der Waals surface area contributed by atoms with E-state index in [1.54, 1.807) is 0 Å². The van der Waals surface area contributed by atoms with Gasteiger partial charge in [0.2, 0.25) is 0 Å². The summed E-state index contributed by atoms with van der Waals surface area (Å²) in [5, 5.41) is 11.1. The first kappa shape index (κ1) is 26.3. The van der Waals surface area contributed by atoms with Gasteiger partial charge in [-0.2, -0.15) is 0 Å². The van der Waals surface area contributed by atoms with Crippen molar-refractivity contribution in [2.75, 3.05) is 0 Å². The number of hydrogen-bond acceptors (Lipinski definition) is 3. The third-order valence-electron chi connectivity index (χ3n) is 9.46. The zero-order chi connectivity index (χ0) is 30.9. The smallest absolute Gasteiger partial charge is 0.161 e. The van der Waals surface area contributed by atoms with Gasteiger partial charge >= 0.3 is 0 Å². The molecule has 0 N–H and O–H groups in total. The number of hydrogen-bond donors (Lipinski definition) is 0. The van der Waals surface area contributed by atoms with Crippen LogP contribution < -0.4 is 0 Å². The molecule has 0 fully saturated rings. The molecule has 0 aliphatic carbocycles. The third kappa shape index (κ3) is 4.04. The fourth-order valence-corrected chi connectivity index (χ4v) is 8.60. The van der Waals surface area contributed by atoms with Crippen molar-refractivity contribution in [3.8, 4) is 33.8 Å². The molecular weight excluding hydrogens is 589 g/mol. The second kappa shape index (κ2) is 10.3. The topological polar surface area (TPSA) is 25.8 Å². The van der Waals surface area contributed by atoms with Gasteiger partial charge in [0.15, 0.2) is 5.82 Å². The highest BCUT2D eigenvalue weighted by atomic mass is 32.1. The lowest BCUT2D eigenvalue weighted by molar-refractivity contribution is 1.24. The lowest BCUT2D eigenvalue weighted by atomic mass is 9.91. The molecule has 0 radical (unpaired) electrons. The molecule has 3 heteroatoms. The average Bonchev–Trinajstić information content (AvgIpc) is 3.54. The Morgan fingerprint density at radius 2 is 0.936 bits per heavy atom. The van der Waals surface area contributed by atoms with Crippen molar-refractivity contribution in [1.29, 1.82) is 0 Å². The maximum absolute atomic E-state index is 5.42. The van der Waals surface area contributed by atoms with Crippen LogP contribution in [0.25, 0.3) is 97.2 Å². The van der Waals surface area contributed by atoms with E-state index < -0.39 is 0 Å². The van der Waals surface area contributed by atoms with E-state index in [1.165, 1.54) is 63.6 Å². The van der Waals surface area contributed by atoms with E-state index in [0.717, 1.165) is 33.5 Å². The Hall–Kier alpha value is -5.90. The number of para-hydroxylation sites is 1.